The third-order valence-electron chi connectivity index (χ3n) is 6.86. The summed E-state index contributed by atoms with van der Waals surface area (Å²) >= 11 is 0. The smallest absolute Gasteiger partial charge is 0.320 e. The van der Waals surface area contributed by atoms with Gasteiger partial charge in [-0.1, -0.05) is 25.0 Å². The van der Waals surface area contributed by atoms with E-state index in [4.69, 9.17) is 0 Å². The topological polar surface area (TPSA) is 45.8 Å². The number of fused-ring (bicyclic) bond motifs is 1. The van der Waals surface area contributed by atoms with Gasteiger partial charge in [0.1, 0.15) is 0 Å². The Morgan fingerprint density at radius 2 is 1.75 bits per heavy atom. The van der Waals surface area contributed by atoms with Crippen LogP contribution in [0.1, 0.15) is 25.7 Å². The minimum absolute atomic E-state index is 0.281. The second kappa shape index (κ2) is 7.66. The van der Waals surface area contributed by atoms with Crippen molar-refractivity contribution in [3.8, 4) is 0 Å². The Bertz CT molecular complexity index is 819. The summed E-state index contributed by atoms with van der Waals surface area (Å²) in [6.45, 7) is 7.90. The zero-order valence-corrected chi connectivity index (χ0v) is 16.6. The molecule has 1 aromatic heterocycles. The van der Waals surface area contributed by atoms with Crippen molar-refractivity contribution < 1.29 is 4.79 Å². The molecule has 2 aromatic rings. The number of urea groups is 1. The SMILES string of the molecule is O=C1N(CCN2CCN(c3cccc4cc[nH]c34)CC2)CCN1C1CCCC1. The van der Waals surface area contributed by atoms with E-state index < -0.39 is 0 Å². The van der Waals surface area contributed by atoms with E-state index in [0.717, 1.165) is 52.4 Å². The van der Waals surface area contributed by atoms with Crippen LogP contribution in [0.3, 0.4) is 0 Å². The van der Waals surface area contributed by atoms with Gasteiger partial charge >= 0.3 is 6.03 Å². The monoisotopic (exact) mass is 381 g/mol. The third kappa shape index (κ3) is 3.34. The molecule has 1 N–H and O–H groups in total. The average molecular weight is 382 g/mol. The minimum atomic E-state index is 0.281. The summed E-state index contributed by atoms with van der Waals surface area (Å²) in [5.41, 5.74) is 2.55. The molecule has 6 nitrogen and oxygen atoms in total. The minimum Gasteiger partial charge on any atom is -0.367 e. The van der Waals surface area contributed by atoms with E-state index in [1.54, 1.807) is 0 Å². The second-order valence-corrected chi connectivity index (χ2v) is 8.45. The van der Waals surface area contributed by atoms with Crippen LogP contribution in [-0.2, 0) is 0 Å². The molecule has 0 spiro atoms. The first-order valence-electron chi connectivity index (χ1n) is 10.9. The molecule has 1 saturated carbocycles. The highest BCUT2D eigenvalue weighted by Crippen LogP contribution is 2.27. The fraction of sp³-hybridized carbons (Fsp3) is 0.591. The number of amides is 2. The Kier molecular flexibility index (Phi) is 4.89. The van der Waals surface area contributed by atoms with E-state index >= 15 is 0 Å². The molecule has 1 aliphatic carbocycles. The summed E-state index contributed by atoms with van der Waals surface area (Å²) in [7, 11) is 0. The number of hydrogen-bond acceptors (Lipinski definition) is 3. The van der Waals surface area contributed by atoms with Gasteiger partial charge < -0.3 is 19.7 Å². The fourth-order valence-electron chi connectivity index (χ4n) is 5.17. The third-order valence-corrected chi connectivity index (χ3v) is 6.86. The van der Waals surface area contributed by atoms with E-state index in [1.165, 1.54) is 42.3 Å². The highest BCUT2D eigenvalue weighted by atomic mass is 16.2. The number of hydrogen-bond donors (Lipinski definition) is 1. The number of carbonyl (C=O) groups excluding carboxylic acids is 1. The molecule has 28 heavy (non-hydrogen) atoms. The summed E-state index contributed by atoms with van der Waals surface area (Å²) in [6, 6.07) is 9.45. The molecule has 5 rings (SSSR count). The van der Waals surface area contributed by atoms with Gasteiger partial charge in [0.05, 0.1) is 11.2 Å². The summed E-state index contributed by atoms with van der Waals surface area (Å²) in [5, 5.41) is 1.28. The number of carbonyl (C=O) groups is 1. The highest BCUT2D eigenvalue weighted by Gasteiger charge is 2.34. The van der Waals surface area contributed by atoms with Crippen LogP contribution in [0.5, 0.6) is 0 Å². The molecule has 0 atom stereocenters. The lowest BCUT2D eigenvalue weighted by molar-refractivity contribution is 0.169. The number of benzene rings is 1. The first-order chi connectivity index (χ1) is 13.8. The van der Waals surface area contributed by atoms with Crippen molar-refractivity contribution >= 4 is 22.6 Å². The van der Waals surface area contributed by atoms with Gasteiger partial charge in [0.25, 0.3) is 0 Å². The molecular formula is C22H31N5O. The van der Waals surface area contributed by atoms with Crippen LogP contribution in [-0.4, -0.2) is 84.1 Å². The van der Waals surface area contributed by atoms with Crippen molar-refractivity contribution in [1.82, 2.24) is 19.7 Å². The molecule has 1 aromatic carbocycles. The van der Waals surface area contributed by atoms with Crippen LogP contribution in [0.4, 0.5) is 10.5 Å². The number of H-pyrrole nitrogens is 1. The lowest BCUT2D eigenvalue weighted by Crippen LogP contribution is -2.49. The molecular weight excluding hydrogens is 350 g/mol. The van der Waals surface area contributed by atoms with E-state index in [2.05, 4.69) is 48.8 Å². The number of nitrogens with one attached hydrogen (secondary N) is 1. The quantitative estimate of drug-likeness (QED) is 0.866. The van der Waals surface area contributed by atoms with Crippen LogP contribution < -0.4 is 4.90 Å². The van der Waals surface area contributed by atoms with Crippen molar-refractivity contribution in [2.75, 3.05) is 57.3 Å². The number of piperazine rings is 1. The van der Waals surface area contributed by atoms with Crippen molar-refractivity contribution in [3.05, 3.63) is 30.5 Å². The summed E-state index contributed by atoms with van der Waals surface area (Å²) in [4.78, 5) is 25.3. The maximum absolute atomic E-state index is 12.7. The molecule has 2 aliphatic heterocycles. The largest absolute Gasteiger partial charge is 0.367 e. The van der Waals surface area contributed by atoms with Crippen molar-refractivity contribution in [3.63, 3.8) is 0 Å². The van der Waals surface area contributed by atoms with Crippen LogP contribution >= 0.6 is 0 Å². The zero-order chi connectivity index (χ0) is 18.9. The second-order valence-electron chi connectivity index (χ2n) is 8.45. The first kappa shape index (κ1) is 17.9. The molecule has 0 radical (unpaired) electrons. The predicted molar refractivity (Wildman–Crippen MR) is 113 cm³/mol. The maximum atomic E-state index is 12.7. The molecule has 3 fully saturated rings. The van der Waals surface area contributed by atoms with E-state index in [1.807, 2.05) is 6.20 Å². The first-order valence-corrected chi connectivity index (χ1v) is 10.9. The number of anilines is 1. The van der Waals surface area contributed by atoms with Crippen LogP contribution in [0.15, 0.2) is 30.5 Å². The number of aromatic amines is 1. The van der Waals surface area contributed by atoms with Gasteiger partial charge in [-0.3, -0.25) is 4.90 Å². The Labute approximate surface area is 167 Å². The van der Waals surface area contributed by atoms with Crippen LogP contribution in [0.2, 0.25) is 0 Å². The normalized spacial score (nSPS) is 22.1. The van der Waals surface area contributed by atoms with E-state index in [9.17, 15) is 4.79 Å². The average Bonchev–Trinajstić information content (AvgIpc) is 3.47. The Morgan fingerprint density at radius 1 is 0.929 bits per heavy atom. The van der Waals surface area contributed by atoms with Gasteiger partial charge in [0.2, 0.25) is 0 Å². The number of aromatic nitrogens is 1. The van der Waals surface area contributed by atoms with Crippen molar-refractivity contribution in [1.29, 1.82) is 0 Å². The van der Waals surface area contributed by atoms with Crippen molar-refractivity contribution in [2.45, 2.75) is 31.7 Å². The molecule has 2 saturated heterocycles. The lowest BCUT2D eigenvalue weighted by Gasteiger charge is -2.37. The predicted octanol–water partition coefficient (Wildman–Crippen LogP) is 2.97. The van der Waals surface area contributed by atoms with Gasteiger partial charge in [-0.15, -0.1) is 0 Å². The molecule has 6 heteroatoms. The maximum Gasteiger partial charge on any atom is 0.320 e. The van der Waals surface area contributed by atoms with E-state index in [0.29, 0.717) is 6.04 Å². The van der Waals surface area contributed by atoms with E-state index in [-0.39, 0.29) is 6.03 Å². The number of rotatable bonds is 5. The molecule has 150 valence electrons. The lowest BCUT2D eigenvalue weighted by atomic mass is 10.2. The number of nitrogens with zero attached hydrogens (tertiary/aromatic N) is 4. The Hall–Kier alpha value is -2.21. The Morgan fingerprint density at radius 3 is 2.57 bits per heavy atom. The summed E-state index contributed by atoms with van der Waals surface area (Å²) in [6.07, 6.45) is 7.00. The Balaban J connectivity index is 1.12. The molecule has 2 amide bonds. The summed E-state index contributed by atoms with van der Waals surface area (Å²) in [5.74, 6) is 0. The standard InChI is InChI=1S/C22H31N5O/c28-22-26(16-17-27(22)19-5-1-2-6-19)15-12-24-10-13-25(14-11-24)20-7-3-4-18-8-9-23-21(18)20/h3-4,7-9,19,23H,1-2,5-6,10-17H2. The molecule has 3 aliphatic rings. The summed E-state index contributed by atoms with van der Waals surface area (Å²) < 4.78 is 0. The fourth-order valence-corrected chi connectivity index (χ4v) is 5.17. The van der Waals surface area contributed by atoms with Gasteiger partial charge in [-0.2, -0.15) is 0 Å². The van der Waals surface area contributed by atoms with Crippen molar-refractivity contribution in [2.24, 2.45) is 0 Å². The van der Waals surface area contributed by atoms with Crippen LogP contribution in [0.25, 0.3) is 10.9 Å². The van der Waals surface area contributed by atoms with Crippen LogP contribution in [0, 0.1) is 0 Å². The van der Waals surface area contributed by atoms with Gasteiger partial charge in [-0.25, -0.2) is 4.79 Å². The van der Waals surface area contributed by atoms with Gasteiger partial charge in [0, 0.05) is 70.0 Å². The highest BCUT2D eigenvalue weighted by molar-refractivity contribution is 5.91. The molecule has 3 heterocycles. The molecule has 0 unspecified atom stereocenters. The van der Waals surface area contributed by atoms with Gasteiger partial charge in [0.15, 0.2) is 0 Å². The molecule has 0 bridgehead atoms. The zero-order valence-electron chi connectivity index (χ0n) is 16.6. The van der Waals surface area contributed by atoms with Gasteiger partial charge in [-0.05, 0) is 25.0 Å². The number of para-hydroxylation sites is 1.